The van der Waals surface area contributed by atoms with Crippen molar-refractivity contribution in [3.63, 3.8) is 0 Å². The Morgan fingerprint density at radius 2 is 1.64 bits per heavy atom. The predicted molar refractivity (Wildman–Crippen MR) is 140 cm³/mol. The van der Waals surface area contributed by atoms with Gasteiger partial charge in [0.2, 0.25) is 0 Å². The van der Waals surface area contributed by atoms with Crippen LogP contribution in [0.3, 0.4) is 0 Å². The summed E-state index contributed by atoms with van der Waals surface area (Å²) in [5, 5.41) is 0.932. The molecule has 0 radical (unpaired) electrons. The third-order valence-electron chi connectivity index (χ3n) is 6.27. The van der Waals surface area contributed by atoms with Gasteiger partial charge in [0.05, 0.1) is 33.4 Å². The van der Waals surface area contributed by atoms with Crippen LogP contribution < -0.4 is 19.8 Å². The van der Waals surface area contributed by atoms with Crippen LogP contribution in [0, 0.1) is 6.92 Å². The lowest BCUT2D eigenvalue weighted by atomic mass is 10.1. The zero-order valence-electron chi connectivity index (χ0n) is 21.0. The standard InChI is InChI=1S/C29H30N2O5/c1-19-6-5-7-22-17-23(28(32)30-27(19)22)18-31(29(33)21-9-11-24(34-2)12-10-21)15-14-20-8-13-25(35-3)26(16-20)36-4/h5-13,16-17H,14-15,18H2,1-4H3,(H,30,32). The van der Waals surface area contributed by atoms with Crippen molar-refractivity contribution >= 4 is 16.8 Å². The number of benzene rings is 3. The van der Waals surface area contributed by atoms with Crippen molar-refractivity contribution in [1.29, 1.82) is 0 Å². The fraction of sp³-hybridized carbons (Fsp3) is 0.241. The number of hydrogen-bond acceptors (Lipinski definition) is 5. The number of H-pyrrole nitrogens is 1. The van der Waals surface area contributed by atoms with Crippen LogP contribution in [0.1, 0.15) is 27.0 Å². The minimum absolute atomic E-state index is 0.165. The molecule has 0 saturated heterocycles. The molecule has 186 valence electrons. The number of nitrogens with one attached hydrogen (secondary N) is 1. The minimum Gasteiger partial charge on any atom is -0.497 e. The van der Waals surface area contributed by atoms with Crippen molar-refractivity contribution in [3.05, 3.63) is 99.3 Å². The molecule has 7 heteroatoms. The average Bonchev–Trinajstić information content (AvgIpc) is 2.91. The summed E-state index contributed by atoms with van der Waals surface area (Å²) < 4.78 is 16.0. The molecule has 0 aliphatic carbocycles. The lowest BCUT2D eigenvalue weighted by molar-refractivity contribution is 0.0744. The Kier molecular flexibility index (Phi) is 7.59. The number of rotatable bonds is 9. The lowest BCUT2D eigenvalue weighted by Gasteiger charge is -2.23. The second-order valence-corrected chi connectivity index (χ2v) is 8.56. The topological polar surface area (TPSA) is 80.9 Å². The highest BCUT2D eigenvalue weighted by Gasteiger charge is 2.19. The molecule has 7 nitrogen and oxygen atoms in total. The summed E-state index contributed by atoms with van der Waals surface area (Å²) in [7, 11) is 4.77. The first-order chi connectivity index (χ1) is 17.4. The van der Waals surface area contributed by atoms with Crippen LogP contribution >= 0.6 is 0 Å². The third-order valence-corrected chi connectivity index (χ3v) is 6.27. The number of fused-ring (bicyclic) bond motifs is 1. The van der Waals surface area contributed by atoms with E-state index in [1.54, 1.807) is 50.5 Å². The number of para-hydroxylation sites is 1. The zero-order valence-corrected chi connectivity index (χ0v) is 21.0. The van der Waals surface area contributed by atoms with Crippen LogP contribution in [0.5, 0.6) is 17.2 Å². The lowest BCUT2D eigenvalue weighted by Crippen LogP contribution is -2.34. The maximum absolute atomic E-state index is 13.6. The van der Waals surface area contributed by atoms with E-state index in [4.69, 9.17) is 14.2 Å². The number of aromatic amines is 1. The van der Waals surface area contributed by atoms with Gasteiger partial charge in [0.25, 0.3) is 11.5 Å². The maximum atomic E-state index is 13.6. The van der Waals surface area contributed by atoms with Crippen LogP contribution in [-0.4, -0.2) is 43.7 Å². The highest BCUT2D eigenvalue weighted by atomic mass is 16.5. The fourth-order valence-electron chi connectivity index (χ4n) is 4.22. The van der Waals surface area contributed by atoms with E-state index in [1.165, 1.54) is 0 Å². The summed E-state index contributed by atoms with van der Waals surface area (Å²) in [4.78, 5) is 31.2. The molecule has 0 aliphatic rings. The second kappa shape index (κ2) is 11.0. The van der Waals surface area contributed by atoms with E-state index < -0.39 is 0 Å². The van der Waals surface area contributed by atoms with Crippen molar-refractivity contribution in [1.82, 2.24) is 9.88 Å². The monoisotopic (exact) mass is 486 g/mol. The van der Waals surface area contributed by atoms with Gasteiger partial charge < -0.3 is 24.1 Å². The Labute approximate surface area is 210 Å². The number of aromatic nitrogens is 1. The molecule has 4 aromatic rings. The summed E-state index contributed by atoms with van der Waals surface area (Å²) in [6.07, 6.45) is 0.576. The number of carbonyl (C=O) groups is 1. The van der Waals surface area contributed by atoms with Gasteiger partial charge in [-0.2, -0.15) is 0 Å². The molecule has 1 N–H and O–H groups in total. The molecule has 0 saturated carbocycles. The largest absolute Gasteiger partial charge is 0.497 e. The number of nitrogens with zero attached hydrogens (tertiary/aromatic N) is 1. The zero-order chi connectivity index (χ0) is 25.7. The van der Waals surface area contributed by atoms with Crippen molar-refractivity contribution in [3.8, 4) is 17.2 Å². The second-order valence-electron chi connectivity index (χ2n) is 8.56. The fourth-order valence-corrected chi connectivity index (χ4v) is 4.22. The molecule has 0 unspecified atom stereocenters. The highest BCUT2D eigenvalue weighted by Crippen LogP contribution is 2.28. The van der Waals surface area contributed by atoms with Crippen molar-refractivity contribution in [2.24, 2.45) is 0 Å². The Balaban J connectivity index is 1.65. The van der Waals surface area contributed by atoms with Crippen molar-refractivity contribution in [2.45, 2.75) is 19.9 Å². The predicted octanol–water partition coefficient (Wildman–Crippen LogP) is 4.75. The van der Waals surface area contributed by atoms with Gasteiger partial charge in [0, 0.05) is 17.7 Å². The molecule has 36 heavy (non-hydrogen) atoms. The number of methoxy groups -OCH3 is 3. The normalized spacial score (nSPS) is 10.8. The van der Waals surface area contributed by atoms with Gasteiger partial charge in [0.1, 0.15) is 5.75 Å². The molecule has 1 heterocycles. The molecular weight excluding hydrogens is 456 g/mol. The number of amides is 1. The molecule has 0 aliphatic heterocycles. The SMILES string of the molecule is COc1ccc(C(=O)N(CCc2ccc(OC)c(OC)c2)Cc2cc3cccc(C)c3[nH]c2=O)cc1. The average molecular weight is 487 g/mol. The summed E-state index contributed by atoms with van der Waals surface area (Å²) >= 11 is 0. The van der Waals surface area contributed by atoms with Crippen LogP contribution in [0.15, 0.2) is 71.5 Å². The van der Waals surface area contributed by atoms with Crippen molar-refractivity contribution in [2.75, 3.05) is 27.9 Å². The molecule has 1 amide bonds. The van der Waals surface area contributed by atoms with Gasteiger partial charge in [-0.3, -0.25) is 9.59 Å². The van der Waals surface area contributed by atoms with Crippen LogP contribution in [-0.2, 0) is 13.0 Å². The van der Waals surface area contributed by atoms with Crippen LogP contribution in [0.2, 0.25) is 0 Å². The Morgan fingerprint density at radius 1 is 0.889 bits per heavy atom. The van der Waals surface area contributed by atoms with E-state index in [2.05, 4.69) is 4.98 Å². The van der Waals surface area contributed by atoms with Gasteiger partial charge in [-0.05, 0) is 72.3 Å². The number of pyridine rings is 1. The Hall–Kier alpha value is -4.26. The van der Waals surface area contributed by atoms with E-state index in [1.807, 2.05) is 49.4 Å². The summed E-state index contributed by atoms with van der Waals surface area (Å²) in [6.45, 7) is 2.55. The molecule has 1 aromatic heterocycles. The molecule has 0 atom stereocenters. The van der Waals surface area contributed by atoms with Gasteiger partial charge in [-0.15, -0.1) is 0 Å². The van der Waals surface area contributed by atoms with Crippen LogP contribution in [0.25, 0.3) is 10.9 Å². The number of ether oxygens (including phenoxy) is 3. The summed E-state index contributed by atoms with van der Waals surface area (Å²) in [5.41, 5.74) is 3.65. The Morgan fingerprint density at radius 3 is 2.33 bits per heavy atom. The van der Waals surface area contributed by atoms with Gasteiger partial charge in [-0.1, -0.05) is 24.3 Å². The maximum Gasteiger partial charge on any atom is 0.254 e. The molecule has 4 rings (SSSR count). The number of carbonyl (C=O) groups excluding carboxylic acids is 1. The summed E-state index contributed by atoms with van der Waals surface area (Å²) in [6, 6.07) is 20.4. The molecule has 0 bridgehead atoms. The molecule has 3 aromatic carbocycles. The van der Waals surface area contributed by atoms with Gasteiger partial charge in [0.15, 0.2) is 11.5 Å². The van der Waals surface area contributed by atoms with E-state index in [0.29, 0.717) is 41.3 Å². The first-order valence-electron chi connectivity index (χ1n) is 11.7. The minimum atomic E-state index is -0.199. The van der Waals surface area contributed by atoms with Crippen LogP contribution in [0.4, 0.5) is 0 Å². The molecular formula is C29H30N2O5. The first kappa shape index (κ1) is 24.9. The number of hydrogen-bond donors (Lipinski definition) is 1. The molecule has 0 spiro atoms. The van der Waals surface area contributed by atoms with Gasteiger partial charge >= 0.3 is 0 Å². The van der Waals surface area contributed by atoms with Gasteiger partial charge in [-0.25, -0.2) is 0 Å². The van der Waals surface area contributed by atoms with E-state index in [9.17, 15) is 9.59 Å². The van der Waals surface area contributed by atoms with E-state index >= 15 is 0 Å². The third kappa shape index (κ3) is 5.35. The summed E-state index contributed by atoms with van der Waals surface area (Å²) in [5.74, 6) is 1.78. The Bertz CT molecular complexity index is 1430. The first-order valence-corrected chi connectivity index (χ1v) is 11.7. The quantitative estimate of drug-likeness (QED) is 0.369. The van der Waals surface area contributed by atoms with E-state index in [0.717, 1.165) is 22.0 Å². The van der Waals surface area contributed by atoms with E-state index in [-0.39, 0.29) is 18.0 Å². The van der Waals surface area contributed by atoms with Crippen molar-refractivity contribution < 1.29 is 19.0 Å². The smallest absolute Gasteiger partial charge is 0.254 e. The highest BCUT2D eigenvalue weighted by molar-refractivity contribution is 5.94. The number of aryl methyl sites for hydroxylation is 1. The molecule has 0 fully saturated rings.